The third kappa shape index (κ3) is 1.12. The maximum atomic E-state index is 3.53. The van der Waals surface area contributed by atoms with Gasteiger partial charge in [-0.25, -0.2) is 0 Å². The number of allylic oxidation sites excluding steroid dienone is 2. The summed E-state index contributed by atoms with van der Waals surface area (Å²) in [7, 11) is 0. The zero-order valence-electron chi connectivity index (χ0n) is 6.34. The SMILES string of the molecule is [C]1CC=CC2CCCCC12. The van der Waals surface area contributed by atoms with Crippen molar-refractivity contribution in [1.29, 1.82) is 0 Å². The summed E-state index contributed by atoms with van der Waals surface area (Å²) in [4.78, 5) is 0. The summed E-state index contributed by atoms with van der Waals surface area (Å²) >= 11 is 0. The lowest BCUT2D eigenvalue weighted by Gasteiger charge is -2.31. The van der Waals surface area contributed by atoms with Crippen molar-refractivity contribution in [2.45, 2.75) is 32.1 Å². The number of fused-ring (bicyclic) bond motifs is 1. The minimum Gasteiger partial charge on any atom is -0.0876 e. The van der Waals surface area contributed by atoms with Gasteiger partial charge in [-0.1, -0.05) is 25.0 Å². The van der Waals surface area contributed by atoms with Crippen LogP contribution in [0.2, 0.25) is 0 Å². The molecule has 1 fully saturated rings. The van der Waals surface area contributed by atoms with Crippen LogP contribution in [0.5, 0.6) is 0 Å². The van der Waals surface area contributed by atoms with Gasteiger partial charge in [0.25, 0.3) is 0 Å². The van der Waals surface area contributed by atoms with Gasteiger partial charge in [0, 0.05) is 0 Å². The normalized spacial score (nSPS) is 39.2. The van der Waals surface area contributed by atoms with E-state index in [0.717, 1.165) is 18.3 Å². The van der Waals surface area contributed by atoms with Crippen LogP contribution >= 0.6 is 0 Å². The molecular formula is C10H14. The van der Waals surface area contributed by atoms with Crippen molar-refractivity contribution in [1.82, 2.24) is 0 Å². The van der Waals surface area contributed by atoms with E-state index < -0.39 is 0 Å². The fourth-order valence-electron chi connectivity index (χ4n) is 2.11. The third-order valence-corrected chi connectivity index (χ3v) is 2.70. The van der Waals surface area contributed by atoms with Gasteiger partial charge in [-0.15, -0.1) is 0 Å². The highest BCUT2D eigenvalue weighted by Crippen LogP contribution is 2.35. The number of hydrogen-bond acceptors (Lipinski definition) is 0. The summed E-state index contributed by atoms with van der Waals surface area (Å²) in [5.41, 5.74) is 0. The van der Waals surface area contributed by atoms with Crippen molar-refractivity contribution in [3.8, 4) is 0 Å². The van der Waals surface area contributed by atoms with Gasteiger partial charge >= 0.3 is 0 Å². The van der Waals surface area contributed by atoms with E-state index in [0.29, 0.717) is 0 Å². The molecule has 0 nitrogen and oxygen atoms in total. The first-order chi connectivity index (χ1) is 4.97. The number of hydrogen-bond donors (Lipinski definition) is 0. The van der Waals surface area contributed by atoms with Crippen LogP contribution in [0, 0.1) is 18.3 Å². The van der Waals surface area contributed by atoms with E-state index in [1.807, 2.05) is 0 Å². The summed E-state index contributed by atoms with van der Waals surface area (Å²) in [5, 5.41) is 0. The largest absolute Gasteiger partial charge is 0.0876 e. The van der Waals surface area contributed by atoms with Crippen LogP contribution < -0.4 is 0 Å². The van der Waals surface area contributed by atoms with Crippen LogP contribution in [0.1, 0.15) is 32.1 Å². The predicted molar refractivity (Wildman–Crippen MR) is 42.4 cm³/mol. The summed E-state index contributed by atoms with van der Waals surface area (Å²) in [6.45, 7) is 0. The number of rotatable bonds is 0. The molecule has 1 saturated carbocycles. The maximum Gasteiger partial charge on any atom is -0.00930 e. The summed E-state index contributed by atoms with van der Waals surface area (Å²) in [6.07, 6.45) is 15.0. The van der Waals surface area contributed by atoms with Crippen LogP contribution in [0.25, 0.3) is 0 Å². The lowest BCUT2D eigenvalue weighted by molar-refractivity contribution is 0.308. The lowest BCUT2D eigenvalue weighted by atomic mass is 9.74. The van der Waals surface area contributed by atoms with Crippen LogP contribution in [-0.4, -0.2) is 0 Å². The Hall–Kier alpha value is -0.260. The molecule has 0 aromatic heterocycles. The Morgan fingerprint density at radius 2 is 2.10 bits per heavy atom. The van der Waals surface area contributed by atoms with Crippen LogP contribution in [-0.2, 0) is 0 Å². The zero-order valence-corrected chi connectivity index (χ0v) is 6.34. The van der Waals surface area contributed by atoms with Crippen molar-refractivity contribution in [2.24, 2.45) is 11.8 Å². The van der Waals surface area contributed by atoms with E-state index in [4.69, 9.17) is 0 Å². The quantitative estimate of drug-likeness (QED) is 0.447. The fourth-order valence-corrected chi connectivity index (χ4v) is 2.11. The van der Waals surface area contributed by atoms with Crippen molar-refractivity contribution in [3.05, 3.63) is 18.6 Å². The standard InChI is InChI=1S/C10H14/c1-2-6-10-8-4-3-7-9(10)5-1/h1,5,9-10H,2-4,7-8H2. The van der Waals surface area contributed by atoms with Crippen molar-refractivity contribution < 1.29 is 0 Å². The topological polar surface area (TPSA) is 0 Å². The second-order valence-corrected chi connectivity index (χ2v) is 3.39. The predicted octanol–water partition coefficient (Wildman–Crippen LogP) is 2.83. The molecule has 2 atom stereocenters. The maximum absolute atomic E-state index is 3.53. The Kier molecular flexibility index (Phi) is 1.79. The summed E-state index contributed by atoms with van der Waals surface area (Å²) < 4.78 is 0. The molecule has 0 heteroatoms. The van der Waals surface area contributed by atoms with E-state index in [1.165, 1.54) is 25.7 Å². The van der Waals surface area contributed by atoms with Gasteiger partial charge in [0.15, 0.2) is 0 Å². The average molecular weight is 134 g/mol. The second kappa shape index (κ2) is 2.77. The van der Waals surface area contributed by atoms with E-state index in [1.54, 1.807) is 0 Å². The first-order valence-corrected chi connectivity index (χ1v) is 4.37. The Balaban J connectivity index is 2.03. The molecule has 2 radical (unpaired) electrons. The molecule has 2 aliphatic carbocycles. The summed E-state index contributed by atoms with van der Waals surface area (Å²) in [6, 6.07) is 0. The van der Waals surface area contributed by atoms with E-state index in [-0.39, 0.29) is 0 Å². The first kappa shape index (κ1) is 6.45. The van der Waals surface area contributed by atoms with Gasteiger partial charge in [-0.3, -0.25) is 0 Å². The Bertz CT molecular complexity index is 135. The zero-order chi connectivity index (χ0) is 6.81. The van der Waals surface area contributed by atoms with Crippen molar-refractivity contribution in [2.75, 3.05) is 0 Å². The van der Waals surface area contributed by atoms with Gasteiger partial charge in [0.05, 0.1) is 0 Å². The molecule has 0 spiro atoms. The molecule has 0 heterocycles. The van der Waals surface area contributed by atoms with E-state index >= 15 is 0 Å². The van der Waals surface area contributed by atoms with Gasteiger partial charge < -0.3 is 0 Å². The van der Waals surface area contributed by atoms with Crippen molar-refractivity contribution >= 4 is 0 Å². The minimum atomic E-state index is 0.818. The molecule has 0 aromatic carbocycles. The highest BCUT2D eigenvalue weighted by molar-refractivity contribution is 5.05. The van der Waals surface area contributed by atoms with E-state index in [9.17, 15) is 0 Å². The van der Waals surface area contributed by atoms with E-state index in [2.05, 4.69) is 18.6 Å². The molecule has 54 valence electrons. The van der Waals surface area contributed by atoms with Gasteiger partial charge in [0.2, 0.25) is 0 Å². The lowest BCUT2D eigenvalue weighted by Crippen LogP contribution is -2.20. The molecule has 0 bridgehead atoms. The highest BCUT2D eigenvalue weighted by Gasteiger charge is 2.24. The fraction of sp³-hybridized carbons (Fsp3) is 0.700. The molecule has 0 aromatic rings. The molecule has 0 aliphatic heterocycles. The Morgan fingerprint density at radius 3 is 3.00 bits per heavy atom. The molecule has 2 rings (SSSR count). The average Bonchev–Trinajstić information content (AvgIpc) is 2.05. The van der Waals surface area contributed by atoms with Gasteiger partial charge in [-0.2, -0.15) is 0 Å². The highest BCUT2D eigenvalue weighted by atomic mass is 14.3. The summed E-state index contributed by atoms with van der Waals surface area (Å²) in [5.74, 6) is 1.68. The molecular weight excluding hydrogens is 120 g/mol. The van der Waals surface area contributed by atoms with Gasteiger partial charge in [0.1, 0.15) is 0 Å². The van der Waals surface area contributed by atoms with Crippen LogP contribution in [0.15, 0.2) is 12.2 Å². The Labute approximate surface area is 63.3 Å². The molecule has 0 saturated heterocycles. The molecule has 2 unspecified atom stereocenters. The Morgan fingerprint density at radius 1 is 1.20 bits per heavy atom. The van der Waals surface area contributed by atoms with Crippen LogP contribution in [0.4, 0.5) is 0 Å². The van der Waals surface area contributed by atoms with Crippen molar-refractivity contribution in [3.63, 3.8) is 0 Å². The smallest absolute Gasteiger partial charge is 0.00930 e. The third-order valence-electron chi connectivity index (χ3n) is 2.70. The molecule has 2 aliphatic rings. The monoisotopic (exact) mass is 134 g/mol. The molecule has 10 heavy (non-hydrogen) atoms. The van der Waals surface area contributed by atoms with Gasteiger partial charge in [-0.05, 0) is 37.5 Å². The minimum absolute atomic E-state index is 0.818. The first-order valence-electron chi connectivity index (χ1n) is 4.37. The molecule has 0 amide bonds. The van der Waals surface area contributed by atoms with Crippen LogP contribution in [0.3, 0.4) is 0 Å². The second-order valence-electron chi connectivity index (χ2n) is 3.39. The molecule has 0 N–H and O–H groups in total.